The first-order chi connectivity index (χ1) is 15.4. The highest BCUT2D eigenvalue weighted by Gasteiger charge is 2.38. The lowest BCUT2D eigenvalue weighted by atomic mass is 9.96. The van der Waals surface area contributed by atoms with Crippen LogP contribution in [0.25, 0.3) is 11.1 Å². The molecule has 166 valence electrons. The topological polar surface area (TPSA) is 54.5 Å². The molecule has 32 heavy (non-hydrogen) atoms. The summed E-state index contributed by atoms with van der Waals surface area (Å²) in [6, 6.07) is 20.4. The number of hydrogen-bond donors (Lipinski definition) is 0. The number of sulfonamides is 1. The van der Waals surface area contributed by atoms with E-state index in [1.165, 1.54) is 22.0 Å². The molecule has 1 aliphatic heterocycles. The van der Waals surface area contributed by atoms with Crippen molar-refractivity contribution < 1.29 is 17.6 Å². The van der Waals surface area contributed by atoms with Crippen molar-refractivity contribution in [1.82, 2.24) is 4.31 Å². The summed E-state index contributed by atoms with van der Waals surface area (Å²) in [6.45, 7) is 2.38. The van der Waals surface area contributed by atoms with Crippen LogP contribution in [0.5, 0.6) is 0 Å². The Kier molecular flexibility index (Phi) is 6.53. The van der Waals surface area contributed by atoms with E-state index in [-0.39, 0.29) is 17.1 Å². The van der Waals surface area contributed by atoms with Gasteiger partial charge in [0.15, 0.2) is 5.78 Å². The van der Waals surface area contributed by atoms with E-state index in [9.17, 15) is 17.6 Å². The van der Waals surface area contributed by atoms with E-state index in [2.05, 4.69) is 31.2 Å². The van der Waals surface area contributed by atoms with Crippen LogP contribution in [0.4, 0.5) is 4.39 Å². The van der Waals surface area contributed by atoms with Gasteiger partial charge in [0.1, 0.15) is 5.82 Å². The molecule has 4 nitrogen and oxygen atoms in total. The van der Waals surface area contributed by atoms with Gasteiger partial charge in [-0.1, -0.05) is 48.5 Å². The molecule has 1 fully saturated rings. The lowest BCUT2D eigenvalue weighted by Crippen LogP contribution is -2.40. The Hall–Kier alpha value is -2.83. The minimum Gasteiger partial charge on any atom is -0.298 e. The average Bonchev–Trinajstić information content (AvgIpc) is 3.29. The van der Waals surface area contributed by atoms with Gasteiger partial charge in [0, 0.05) is 13.0 Å². The van der Waals surface area contributed by atoms with Gasteiger partial charge in [0.2, 0.25) is 10.0 Å². The maximum atomic E-state index is 13.2. The molecule has 0 radical (unpaired) electrons. The van der Waals surface area contributed by atoms with Crippen LogP contribution in [-0.4, -0.2) is 31.1 Å². The summed E-state index contributed by atoms with van der Waals surface area (Å²) >= 11 is 0. The monoisotopic (exact) mass is 451 g/mol. The van der Waals surface area contributed by atoms with Crippen LogP contribution in [-0.2, 0) is 21.2 Å². The van der Waals surface area contributed by atoms with Gasteiger partial charge < -0.3 is 0 Å². The van der Waals surface area contributed by atoms with Gasteiger partial charge in [-0.15, -0.1) is 0 Å². The van der Waals surface area contributed by atoms with E-state index < -0.39 is 21.9 Å². The van der Waals surface area contributed by atoms with Crippen LogP contribution in [0.1, 0.15) is 30.4 Å². The third kappa shape index (κ3) is 4.66. The fourth-order valence-corrected chi connectivity index (χ4v) is 6.00. The van der Waals surface area contributed by atoms with Crippen LogP contribution in [0.15, 0.2) is 77.7 Å². The SMILES string of the molecule is Cc1ccccc1-c1cccc(CCC(=O)[C@@H]2CCCN2S(=O)(=O)c2ccc(F)cc2)c1. The van der Waals surface area contributed by atoms with Crippen molar-refractivity contribution in [1.29, 1.82) is 0 Å². The Morgan fingerprint density at radius 2 is 1.78 bits per heavy atom. The maximum Gasteiger partial charge on any atom is 0.243 e. The molecular formula is C26H26FNO3S. The molecule has 3 aromatic rings. The Morgan fingerprint density at radius 3 is 2.53 bits per heavy atom. The lowest BCUT2D eigenvalue weighted by Gasteiger charge is -2.23. The van der Waals surface area contributed by atoms with Crippen LogP contribution in [0.3, 0.4) is 0 Å². The summed E-state index contributed by atoms with van der Waals surface area (Å²) in [6.07, 6.45) is 1.99. The number of aryl methyl sites for hydroxylation is 2. The molecule has 4 rings (SSSR count). The zero-order chi connectivity index (χ0) is 22.7. The van der Waals surface area contributed by atoms with E-state index in [4.69, 9.17) is 0 Å². The minimum atomic E-state index is -3.83. The van der Waals surface area contributed by atoms with Crippen molar-refractivity contribution in [3.05, 3.63) is 89.7 Å². The fraction of sp³-hybridized carbons (Fsp3) is 0.269. The minimum absolute atomic E-state index is 0.0181. The second-order valence-corrected chi connectivity index (χ2v) is 10.1. The average molecular weight is 452 g/mol. The number of benzene rings is 3. The van der Waals surface area contributed by atoms with E-state index in [0.29, 0.717) is 25.8 Å². The summed E-state index contributed by atoms with van der Waals surface area (Å²) in [5.74, 6) is -0.569. The van der Waals surface area contributed by atoms with Crippen molar-refractivity contribution in [2.45, 2.75) is 43.5 Å². The number of carbonyl (C=O) groups excluding carboxylic acids is 1. The summed E-state index contributed by atoms with van der Waals surface area (Å²) in [5.41, 5.74) is 4.50. The molecule has 0 unspecified atom stereocenters. The Bertz CT molecular complexity index is 1220. The summed E-state index contributed by atoms with van der Waals surface area (Å²) in [4.78, 5) is 13.0. The van der Waals surface area contributed by atoms with Crippen LogP contribution in [0.2, 0.25) is 0 Å². The number of carbonyl (C=O) groups is 1. The molecule has 0 aromatic heterocycles. The van der Waals surface area contributed by atoms with Crippen molar-refractivity contribution >= 4 is 15.8 Å². The second kappa shape index (κ2) is 9.35. The molecule has 0 saturated carbocycles. The Balaban J connectivity index is 1.47. The largest absolute Gasteiger partial charge is 0.298 e. The predicted molar refractivity (Wildman–Crippen MR) is 123 cm³/mol. The normalized spacial score (nSPS) is 16.9. The van der Waals surface area contributed by atoms with Gasteiger partial charge in [0.25, 0.3) is 0 Å². The third-order valence-electron chi connectivity index (χ3n) is 6.04. The van der Waals surface area contributed by atoms with Crippen molar-refractivity contribution in [2.24, 2.45) is 0 Å². The first-order valence-corrected chi connectivity index (χ1v) is 12.3. The summed E-state index contributed by atoms with van der Waals surface area (Å²) in [7, 11) is -3.83. The van der Waals surface area contributed by atoms with Gasteiger partial charge in [-0.2, -0.15) is 4.31 Å². The first kappa shape index (κ1) is 22.4. The van der Waals surface area contributed by atoms with Crippen LogP contribution in [0, 0.1) is 12.7 Å². The molecule has 1 heterocycles. The molecule has 6 heteroatoms. The van der Waals surface area contributed by atoms with Gasteiger partial charge in [0.05, 0.1) is 10.9 Å². The van der Waals surface area contributed by atoms with Crippen LogP contribution < -0.4 is 0 Å². The second-order valence-electron chi connectivity index (χ2n) is 8.21. The van der Waals surface area contributed by atoms with E-state index in [1.807, 2.05) is 24.3 Å². The van der Waals surface area contributed by atoms with Gasteiger partial charge in [-0.05, 0) is 72.7 Å². The molecule has 1 atom stereocenters. The molecule has 0 spiro atoms. The molecule has 0 aliphatic carbocycles. The molecule has 1 aliphatic rings. The van der Waals surface area contributed by atoms with Gasteiger partial charge in [-0.3, -0.25) is 4.79 Å². The maximum absolute atomic E-state index is 13.2. The van der Waals surface area contributed by atoms with Crippen LogP contribution >= 0.6 is 0 Å². The number of Topliss-reactive ketones (excluding diaryl/α,β-unsaturated/α-hetero) is 1. The van der Waals surface area contributed by atoms with E-state index in [1.54, 1.807) is 0 Å². The zero-order valence-electron chi connectivity index (χ0n) is 18.0. The Morgan fingerprint density at radius 1 is 1.03 bits per heavy atom. The summed E-state index contributed by atoms with van der Waals surface area (Å²) in [5, 5.41) is 0. The van der Waals surface area contributed by atoms with E-state index in [0.717, 1.165) is 28.8 Å². The molecule has 0 bridgehead atoms. The number of halogens is 1. The van der Waals surface area contributed by atoms with Gasteiger partial charge in [-0.25, -0.2) is 12.8 Å². The highest BCUT2D eigenvalue weighted by Crippen LogP contribution is 2.28. The highest BCUT2D eigenvalue weighted by molar-refractivity contribution is 7.89. The number of nitrogens with zero attached hydrogens (tertiary/aromatic N) is 1. The molecule has 1 saturated heterocycles. The van der Waals surface area contributed by atoms with Gasteiger partial charge >= 0.3 is 0 Å². The first-order valence-electron chi connectivity index (χ1n) is 10.8. The Labute approximate surface area is 188 Å². The molecule has 3 aromatic carbocycles. The van der Waals surface area contributed by atoms with E-state index >= 15 is 0 Å². The quantitative estimate of drug-likeness (QED) is 0.499. The number of hydrogen-bond acceptors (Lipinski definition) is 3. The molecular weight excluding hydrogens is 425 g/mol. The zero-order valence-corrected chi connectivity index (χ0v) is 18.8. The number of ketones is 1. The highest BCUT2D eigenvalue weighted by atomic mass is 32.2. The number of rotatable bonds is 7. The van der Waals surface area contributed by atoms with Crippen molar-refractivity contribution in [3.63, 3.8) is 0 Å². The smallest absolute Gasteiger partial charge is 0.243 e. The summed E-state index contributed by atoms with van der Waals surface area (Å²) < 4.78 is 40.5. The standard InChI is InChI=1S/C26H26FNO3S/c1-19-6-2-3-9-24(19)21-8-4-7-20(18-21)11-16-26(29)25-10-5-17-28(25)32(30,31)23-14-12-22(27)13-15-23/h2-4,6-9,12-15,18,25H,5,10-11,16-17H2,1H3/t25-/m0/s1. The van der Waals surface area contributed by atoms with Crippen molar-refractivity contribution in [2.75, 3.05) is 6.54 Å². The predicted octanol–water partition coefficient (Wildman–Crippen LogP) is 5.16. The fourth-order valence-electron chi connectivity index (χ4n) is 4.32. The lowest BCUT2D eigenvalue weighted by molar-refractivity contribution is -0.122. The van der Waals surface area contributed by atoms with Crippen molar-refractivity contribution in [3.8, 4) is 11.1 Å². The molecule has 0 amide bonds. The third-order valence-corrected chi connectivity index (χ3v) is 7.96. The molecule has 0 N–H and O–H groups in total.